The third-order valence-electron chi connectivity index (χ3n) is 6.61. The van der Waals surface area contributed by atoms with E-state index in [1.165, 1.54) is 44.3 Å². The van der Waals surface area contributed by atoms with E-state index in [9.17, 15) is 0 Å². The molecule has 2 heterocycles. The van der Waals surface area contributed by atoms with Gasteiger partial charge in [0, 0.05) is 40.4 Å². The Morgan fingerprint density at radius 2 is 1.62 bits per heavy atom. The van der Waals surface area contributed by atoms with E-state index in [2.05, 4.69) is 157 Å². The second-order valence-corrected chi connectivity index (χ2v) is 18.2. The molecule has 1 aliphatic carbocycles. The Balaban J connectivity index is 0.000000159. The number of hydrogen-bond acceptors (Lipinski definition) is 0. The molecule has 0 amide bonds. The number of aryl methyl sites for hydroxylation is 1. The molecule has 3 nitrogen and oxygen atoms in total. The summed E-state index contributed by atoms with van der Waals surface area (Å²) in [6, 6.07) is 19.5. The summed E-state index contributed by atoms with van der Waals surface area (Å²) in [6.07, 6.45) is 7.88. The van der Waals surface area contributed by atoms with E-state index >= 15 is 0 Å². The van der Waals surface area contributed by atoms with Gasteiger partial charge >= 0.3 is 0 Å². The van der Waals surface area contributed by atoms with Crippen molar-refractivity contribution in [2.45, 2.75) is 65.2 Å². The maximum absolute atomic E-state index is 3.71. The lowest BCUT2D eigenvalue weighted by atomic mass is 10.1. The van der Waals surface area contributed by atoms with E-state index < -0.39 is 8.07 Å². The standard InChI is InChI=1S/C12H17BrSi.C11H11BrN2.C7H10BrN/c1-14(2,3)12-7-6-10(8-11(12)13)9-4-5-9;1-9-11(12)7-13-14(9)8-10-5-3-2-4-6-10;1-3-7-6(8)4-5-9(7)2/h6-9H,4-5H2,1-3H3;2-7H,8H2,1H3;4-5H,3H2,1-2H3/p+1. The first-order valence-corrected chi connectivity index (χ1v) is 18.8. The van der Waals surface area contributed by atoms with Crippen molar-refractivity contribution in [1.82, 2.24) is 9.67 Å². The van der Waals surface area contributed by atoms with Crippen molar-refractivity contribution >= 4 is 61.1 Å². The smallest absolute Gasteiger partial charge is 0.219 e. The van der Waals surface area contributed by atoms with Crippen LogP contribution in [0.2, 0.25) is 19.6 Å². The number of nitrogens with zero attached hydrogens (tertiary/aromatic N) is 2. The average molecular weight is 709 g/mol. The minimum atomic E-state index is -1.16. The van der Waals surface area contributed by atoms with E-state index in [-0.39, 0.29) is 0 Å². The fourth-order valence-electron chi connectivity index (χ4n) is 4.16. The van der Waals surface area contributed by atoms with Crippen LogP contribution in [0.3, 0.4) is 0 Å². The lowest BCUT2D eigenvalue weighted by Gasteiger charge is -2.19. The third-order valence-corrected chi connectivity index (χ3v) is 11.2. The molecule has 0 spiro atoms. The van der Waals surface area contributed by atoms with Crippen molar-refractivity contribution in [3.05, 3.63) is 103 Å². The number of H-pyrrole nitrogens is 1. The molecule has 0 unspecified atom stereocenters. The van der Waals surface area contributed by atoms with Gasteiger partial charge in [0.15, 0.2) is 6.54 Å². The summed E-state index contributed by atoms with van der Waals surface area (Å²) in [6.45, 7) is 12.3. The molecule has 0 atom stereocenters. The number of rotatable bonds is 5. The number of aromatic amines is 1. The van der Waals surface area contributed by atoms with Gasteiger partial charge in [-0.3, -0.25) is 0 Å². The zero-order valence-corrected chi connectivity index (χ0v) is 28.5. The van der Waals surface area contributed by atoms with E-state index in [1.807, 2.05) is 12.3 Å². The van der Waals surface area contributed by atoms with Crippen LogP contribution in [0.5, 0.6) is 0 Å². The summed E-state index contributed by atoms with van der Waals surface area (Å²) in [5.74, 6) is 0.863. The van der Waals surface area contributed by atoms with Gasteiger partial charge in [-0.15, -0.1) is 4.68 Å². The molecule has 2 aromatic heterocycles. The highest BCUT2D eigenvalue weighted by Crippen LogP contribution is 2.40. The third kappa shape index (κ3) is 8.80. The van der Waals surface area contributed by atoms with Crippen molar-refractivity contribution in [3.63, 3.8) is 0 Å². The quantitative estimate of drug-likeness (QED) is 0.159. The number of halogens is 3. The van der Waals surface area contributed by atoms with Crippen LogP contribution < -0.4 is 9.87 Å². The second-order valence-electron chi connectivity index (χ2n) is 10.6. The van der Waals surface area contributed by atoms with Gasteiger partial charge in [-0.25, -0.2) is 0 Å². The minimum absolute atomic E-state index is 0.863. The van der Waals surface area contributed by atoms with E-state index in [1.54, 1.807) is 5.19 Å². The average Bonchev–Trinajstić information content (AvgIpc) is 3.60. The van der Waals surface area contributed by atoms with Crippen LogP contribution >= 0.6 is 47.8 Å². The first-order chi connectivity index (χ1) is 17.5. The zero-order valence-electron chi connectivity index (χ0n) is 22.8. The van der Waals surface area contributed by atoms with Crippen LogP contribution in [0.4, 0.5) is 0 Å². The molecule has 0 aliphatic heterocycles. The molecule has 1 aliphatic rings. The SMILES string of the molecule is CCc1c(Br)ccn1C.C[Si](C)(C)c1ccc(C2CC2)cc1Br.Cc1c(Br)c[nH][n+]1Cc1ccccc1. The van der Waals surface area contributed by atoms with Crippen LogP contribution in [0.1, 0.15) is 48.2 Å². The summed E-state index contributed by atoms with van der Waals surface area (Å²) >= 11 is 10.6. The molecule has 37 heavy (non-hydrogen) atoms. The largest absolute Gasteiger partial charge is 0.353 e. The molecule has 5 rings (SSSR count). The predicted octanol–water partition coefficient (Wildman–Crippen LogP) is 8.64. The van der Waals surface area contributed by atoms with Crippen LogP contribution in [0.15, 0.2) is 80.4 Å². The van der Waals surface area contributed by atoms with Gasteiger partial charge in [0.2, 0.25) is 5.69 Å². The maximum atomic E-state index is 3.71. The van der Waals surface area contributed by atoms with Gasteiger partial charge < -0.3 is 4.57 Å². The molecule has 7 heteroatoms. The van der Waals surface area contributed by atoms with Crippen LogP contribution in [0, 0.1) is 6.92 Å². The molecular weight excluding hydrogens is 670 g/mol. The Labute approximate surface area is 249 Å². The monoisotopic (exact) mass is 706 g/mol. The first-order valence-electron chi connectivity index (χ1n) is 12.9. The Kier molecular flexibility index (Phi) is 11.1. The van der Waals surface area contributed by atoms with Gasteiger partial charge in [-0.1, -0.05) is 85.0 Å². The molecule has 0 saturated heterocycles. The summed E-state index contributed by atoms with van der Waals surface area (Å²) < 4.78 is 7.91. The lowest BCUT2D eigenvalue weighted by molar-refractivity contribution is -0.747. The van der Waals surface area contributed by atoms with Gasteiger partial charge in [-0.05, 0) is 79.9 Å². The second kappa shape index (κ2) is 13.6. The summed E-state index contributed by atoms with van der Waals surface area (Å²) in [5.41, 5.74) is 5.40. The highest BCUT2D eigenvalue weighted by Gasteiger charge is 2.25. The molecule has 0 bridgehead atoms. The lowest BCUT2D eigenvalue weighted by Crippen LogP contribution is -2.38. The highest BCUT2D eigenvalue weighted by molar-refractivity contribution is 9.11. The van der Waals surface area contributed by atoms with Crippen LogP contribution in [0.25, 0.3) is 0 Å². The highest BCUT2D eigenvalue weighted by atomic mass is 79.9. The molecule has 4 aromatic rings. The van der Waals surface area contributed by atoms with Crippen molar-refractivity contribution in [1.29, 1.82) is 0 Å². The molecule has 1 saturated carbocycles. The number of aromatic nitrogens is 3. The predicted molar refractivity (Wildman–Crippen MR) is 171 cm³/mol. The van der Waals surface area contributed by atoms with Gasteiger partial charge in [0.25, 0.3) is 0 Å². The molecular formula is C30H39Br3N3Si+. The zero-order chi connectivity index (χ0) is 27.2. The van der Waals surface area contributed by atoms with Crippen molar-refractivity contribution in [2.24, 2.45) is 7.05 Å². The van der Waals surface area contributed by atoms with Crippen molar-refractivity contribution in [3.8, 4) is 0 Å². The molecule has 198 valence electrons. The van der Waals surface area contributed by atoms with E-state index in [0.717, 1.165) is 23.4 Å². The summed E-state index contributed by atoms with van der Waals surface area (Å²) in [5, 5.41) is 4.74. The number of nitrogens with one attached hydrogen (secondary N) is 1. The van der Waals surface area contributed by atoms with Crippen LogP contribution in [-0.2, 0) is 20.0 Å². The summed E-state index contributed by atoms with van der Waals surface area (Å²) in [7, 11) is 0.897. The first kappa shape index (κ1) is 30.1. The Morgan fingerprint density at radius 1 is 0.946 bits per heavy atom. The topological polar surface area (TPSA) is 24.6 Å². The molecule has 2 aromatic carbocycles. The van der Waals surface area contributed by atoms with Gasteiger partial charge in [0.05, 0.1) is 14.3 Å². The molecule has 0 radical (unpaired) electrons. The molecule has 1 N–H and O–H groups in total. The van der Waals surface area contributed by atoms with E-state index in [0.29, 0.717) is 0 Å². The minimum Gasteiger partial charge on any atom is -0.353 e. The maximum Gasteiger partial charge on any atom is 0.219 e. The molecule has 1 fully saturated rings. The Bertz CT molecular complexity index is 1270. The van der Waals surface area contributed by atoms with Crippen molar-refractivity contribution < 1.29 is 4.68 Å². The van der Waals surface area contributed by atoms with Crippen LogP contribution in [-0.4, -0.2) is 17.7 Å². The summed E-state index contributed by atoms with van der Waals surface area (Å²) in [4.78, 5) is 0. The normalized spacial score (nSPS) is 12.9. The van der Waals surface area contributed by atoms with Gasteiger partial charge in [0.1, 0.15) is 4.47 Å². The van der Waals surface area contributed by atoms with Crippen molar-refractivity contribution in [2.75, 3.05) is 0 Å². The number of benzene rings is 2. The van der Waals surface area contributed by atoms with E-state index in [4.69, 9.17) is 0 Å². The Morgan fingerprint density at radius 3 is 2.05 bits per heavy atom. The van der Waals surface area contributed by atoms with Gasteiger partial charge in [-0.2, -0.15) is 5.10 Å². The fraction of sp³-hybridized carbons (Fsp3) is 0.367. The fourth-order valence-corrected chi connectivity index (χ4v) is 8.70. The Hall–Kier alpha value is -1.41. The number of hydrogen-bond donors (Lipinski definition) is 1.